The number of rotatable bonds is 9. The zero-order chi connectivity index (χ0) is 31.2. The molecule has 4 heterocycles. The first kappa shape index (κ1) is 30.9. The van der Waals surface area contributed by atoms with Crippen LogP contribution in [0.2, 0.25) is 0 Å². The van der Waals surface area contributed by atoms with Crippen LogP contribution in [0.3, 0.4) is 0 Å². The lowest BCUT2D eigenvalue weighted by Crippen LogP contribution is -2.45. The maximum atomic E-state index is 13.7. The Bertz CT molecular complexity index is 1630. The molecule has 11 nitrogen and oxygen atoms in total. The molecule has 1 N–H and O–H groups in total. The normalized spacial score (nSPS) is 18.2. The third-order valence-electron chi connectivity index (χ3n) is 7.86. The topological polar surface area (TPSA) is 145 Å². The van der Waals surface area contributed by atoms with Crippen LogP contribution in [0.15, 0.2) is 45.8 Å². The number of aryl methyl sites for hydroxylation is 1. The Kier molecular flexibility index (Phi) is 9.75. The fraction of sp³-hybridized carbons (Fsp3) is 0.438. The van der Waals surface area contributed by atoms with Gasteiger partial charge >= 0.3 is 5.97 Å². The van der Waals surface area contributed by atoms with Gasteiger partial charge in [-0.2, -0.15) is 5.26 Å². The molecule has 0 aliphatic carbocycles. The van der Waals surface area contributed by atoms with Crippen LogP contribution in [-0.2, 0) is 25.5 Å². The van der Waals surface area contributed by atoms with E-state index in [4.69, 9.17) is 14.1 Å². The van der Waals surface area contributed by atoms with Crippen molar-refractivity contribution in [2.75, 3.05) is 38.6 Å². The van der Waals surface area contributed by atoms with E-state index in [0.29, 0.717) is 48.6 Å². The minimum atomic E-state index is -1.35. The first-order valence-electron chi connectivity index (χ1n) is 14.8. The summed E-state index contributed by atoms with van der Waals surface area (Å²) in [4.78, 5) is 61.1. The minimum absolute atomic E-state index is 0.0110. The van der Waals surface area contributed by atoms with E-state index in [0.717, 1.165) is 41.7 Å². The lowest BCUT2D eigenvalue weighted by Gasteiger charge is -2.25. The molecule has 0 spiro atoms. The number of likely N-dealkylation sites (tertiary alicyclic amines) is 2. The molecule has 230 valence electrons. The van der Waals surface area contributed by atoms with Gasteiger partial charge < -0.3 is 24.3 Å². The molecule has 2 aromatic heterocycles. The van der Waals surface area contributed by atoms with Crippen molar-refractivity contribution in [2.45, 2.75) is 51.5 Å². The summed E-state index contributed by atoms with van der Waals surface area (Å²) < 4.78 is 10.4. The van der Waals surface area contributed by atoms with Gasteiger partial charge in [-0.05, 0) is 75.4 Å². The average Bonchev–Trinajstić information content (AvgIpc) is 3.76. The molecule has 0 saturated carbocycles. The summed E-state index contributed by atoms with van der Waals surface area (Å²) in [5, 5.41) is 14.3. The zero-order valence-electron chi connectivity index (χ0n) is 24.8. The van der Waals surface area contributed by atoms with Crippen LogP contribution in [0.4, 0.5) is 5.69 Å². The molecule has 44 heavy (non-hydrogen) atoms. The lowest BCUT2D eigenvalue weighted by molar-refractivity contribution is -0.140. The fourth-order valence-corrected chi connectivity index (χ4v) is 6.51. The standard InChI is InChI=1S/C32H35N5O6S/c1-20-15-21-16-22(8-10-26(21)43-20)34-31(24(18-33)30(40)27-11-9-23(44-27)17-29(39)42-2)35-25-7-3-4-14-37(32(25)41)19-28(38)36-12-5-6-13-36/h8-11,15-16,24-25H,3-7,12-14,17,19H2,1-2H3,(H,34,35)/t24?,25-/m0/s1. The van der Waals surface area contributed by atoms with Crippen LogP contribution in [0.25, 0.3) is 11.0 Å². The first-order valence-corrected chi connectivity index (χ1v) is 15.6. The van der Waals surface area contributed by atoms with Gasteiger partial charge in [0.1, 0.15) is 23.2 Å². The summed E-state index contributed by atoms with van der Waals surface area (Å²) in [5.41, 5.74) is 1.26. The Morgan fingerprint density at radius 3 is 2.66 bits per heavy atom. The summed E-state index contributed by atoms with van der Waals surface area (Å²) in [7, 11) is 1.29. The Morgan fingerprint density at radius 2 is 1.91 bits per heavy atom. The number of carbonyl (C=O) groups excluding carboxylic acids is 4. The van der Waals surface area contributed by atoms with E-state index in [1.165, 1.54) is 7.11 Å². The van der Waals surface area contributed by atoms with Crippen molar-refractivity contribution in [1.29, 1.82) is 5.26 Å². The van der Waals surface area contributed by atoms with Gasteiger partial charge in [0, 0.05) is 35.6 Å². The van der Waals surface area contributed by atoms with Crippen LogP contribution in [0.1, 0.15) is 52.4 Å². The lowest BCUT2D eigenvalue weighted by atomic mass is 10.0. The molecule has 2 aliphatic rings. The number of ether oxygens (including phenoxy) is 1. The summed E-state index contributed by atoms with van der Waals surface area (Å²) in [6, 6.07) is 11.7. The molecule has 2 amide bonds. The number of furan rings is 1. The molecule has 5 rings (SSSR count). The van der Waals surface area contributed by atoms with Crippen LogP contribution >= 0.6 is 11.3 Å². The van der Waals surface area contributed by atoms with Gasteiger partial charge in [0.05, 0.1) is 31.0 Å². The van der Waals surface area contributed by atoms with Crippen LogP contribution in [-0.4, -0.2) is 78.5 Å². The number of amidine groups is 1. The van der Waals surface area contributed by atoms with E-state index in [-0.39, 0.29) is 35.5 Å². The van der Waals surface area contributed by atoms with Gasteiger partial charge in [0.2, 0.25) is 11.8 Å². The first-order chi connectivity index (χ1) is 21.2. The number of hydrogen-bond donors (Lipinski definition) is 1. The number of hydrogen-bond acceptors (Lipinski definition) is 9. The average molecular weight is 618 g/mol. The highest BCUT2D eigenvalue weighted by Crippen LogP contribution is 2.26. The van der Waals surface area contributed by atoms with E-state index in [1.54, 1.807) is 34.1 Å². The van der Waals surface area contributed by atoms with Gasteiger partial charge in [-0.25, -0.2) is 0 Å². The number of nitriles is 1. The number of esters is 1. The van der Waals surface area contributed by atoms with E-state index in [1.807, 2.05) is 19.1 Å². The zero-order valence-corrected chi connectivity index (χ0v) is 25.7. The highest BCUT2D eigenvalue weighted by Gasteiger charge is 2.33. The monoisotopic (exact) mass is 617 g/mol. The molecule has 2 atom stereocenters. The summed E-state index contributed by atoms with van der Waals surface area (Å²) >= 11 is 1.11. The van der Waals surface area contributed by atoms with Crippen molar-refractivity contribution >= 4 is 57.4 Å². The van der Waals surface area contributed by atoms with Crippen LogP contribution in [0.5, 0.6) is 0 Å². The number of fused-ring (bicyclic) bond motifs is 1. The maximum Gasteiger partial charge on any atom is 0.310 e. The van der Waals surface area contributed by atoms with Crippen molar-refractivity contribution in [3.63, 3.8) is 0 Å². The number of amides is 2. The molecule has 2 saturated heterocycles. The molecular weight excluding hydrogens is 582 g/mol. The van der Waals surface area contributed by atoms with Gasteiger partial charge in [0.25, 0.3) is 0 Å². The predicted octanol–water partition coefficient (Wildman–Crippen LogP) is 4.35. The largest absolute Gasteiger partial charge is 0.469 e. The number of methoxy groups -OCH3 is 1. The number of nitrogens with zero attached hydrogens (tertiary/aromatic N) is 4. The van der Waals surface area contributed by atoms with Gasteiger partial charge in [0.15, 0.2) is 11.7 Å². The SMILES string of the molecule is COC(=O)Cc1ccc(C(=O)C(C#N)C(=N[C@H]2CCCCN(CC(=O)N3CCCC3)C2=O)Nc2ccc3oc(C)cc3c2)s1. The predicted molar refractivity (Wildman–Crippen MR) is 166 cm³/mol. The van der Waals surface area contributed by atoms with Gasteiger partial charge in [-0.1, -0.05) is 0 Å². The van der Waals surface area contributed by atoms with Crippen molar-refractivity contribution < 1.29 is 28.3 Å². The number of nitrogens with one attached hydrogen (secondary N) is 1. The van der Waals surface area contributed by atoms with E-state index in [9.17, 15) is 24.4 Å². The van der Waals surface area contributed by atoms with Crippen LogP contribution in [0, 0.1) is 24.2 Å². The number of Topliss-reactive ketones (excluding diaryl/α,β-unsaturated/α-hetero) is 1. The number of aliphatic imine (C=N–C) groups is 1. The molecule has 0 bridgehead atoms. The third kappa shape index (κ3) is 7.17. The fourth-order valence-electron chi connectivity index (χ4n) is 5.55. The molecule has 3 aromatic rings. The number of carbonyl (C=O) groups is 4. The maximum absolute atomic E-state index is 13.7. The van der Waals surface area contributed by atoms with Gasteiger partial charge in [-0.15, -0.1) is 11.3 Å². The second-order valence-corrected chi connectivity index (χ2v) is 12.2. The summed E-state index contributed by atoms with van der Waals surface area (Å²) in [6.07, 6.45) is 3.79. The quantitative estimate of drug-likeness (QED) is 0.161. The molecule has 2 fully saturated rings. The third-order valence-corrected chi connectivity index (χ3v) is 8.96. The highest BCUT2D eigenvalue weighted by atomic mass is 32.1. The minimum Gasteiger partial charge on any atom is -0.469 e. The smallest absolute Gasteiger partial charge is 0.310 e. The van der Waals surface area contributed by atoms with E-state index < -0.39 is 23.7 Å². The van der Waals surface area contributed by atoms with Gasteiger partial charge in [-0.3, -0.25) is 24.2 Å². The molecule has 12 heteroatoms. The summed E-state index contributed by atoms with van der Waals surface area (Å²) in [5.74, 6) is -1.87. The Labute approximate surface area is 259 Å². The van der Waals surface area contributed by atoms with E-state index in [2.05, 4.69) is 11.4 Å². The van der Waals surface area contributed by atoms with E-state index >= 15 is 0 Å². The molecular formula is C32H35N5O6S. The number of benzene rings is 1. The second kappa shape index (κ2) is 13.9. The van der Waals surface area contributed by atoms with Crippen molar-refractivity contribution in [2.24, 2.45) is 10.9 Å². The van der Waals surface area contributed by atoms with Crippen LogP contribution < -0.4 is 5.32 Å². The number of thiophene rings is 1. The molecule has 2 aliphatic heterocycles. The highest BCUT2D eigenvalue weighted by molar-refractivity contribution is 7.14. The Hall–Kier alpha value is -4.50. The number of ketones is 1. The number of anilines is 1. The Balaban J connectivity index is 1.46. The molecule has 1 aromatic carbocycles. The van der Waals surface area contributed by atoms with Crippen molar-refractivity contribution in [3.05, 3.63) is 51.9 Å². The second-order valence-electron chi connectivity index (χ2n) is 11.1. The van der Waals surface area contributed by atoms with Crippen molar-refractivity contribution in [3.8, 4) is 6.07 Å². The summed E-state index contributed by atoms with van der Waals surface area (Å²) in [6.45, 7) is 3.68. The molecule has 0 radical (unpaired) electrons. The Morgan fingerprint density at radius 1 is 1.14 bits per heavy atom. The molecule has 1 unspecified atom stereocenters. The van der Waals surface area contributed by atoms with Crippen molar-refractivity contribution in [1.82, 2.24) is 9.80 Å².